The summed E-state index contributed by atoms with van der Waals surface area (Å²) < 4.78 is 7.14. The molecule has 1 N–H and O–H groups in total. The largest absolute Gasteiger partial charge is 0.494 e. The van der Waals surface area contributed by atoms with Crippen LogP contribution < -0.4 is 10.1 Å². The zero-order valence-electron chi connectivity index (χ0n) is 13.4. The number of nitrogens with one attached hydrogen (secondary N) is 1. The summed E-state index contributed by atoms with van der Waals surface area (Å²) >= 11 is 0. The van der Waals surface area contributed by atoms with E-state index in [1.807, 2.05) is 11.6 Å². The standard InChI is InChI=1S/C16H21N5O2/c1-11-7-14(15(23-2)8-18-11)16(22)20-12-3-5-13(6-4-12)21-10-17-9-19-21/h7-10,12-13H,3-6H2,1-2H3,(H,20,22). The lowest BCUT2D eigenvalue weighted by Crippen LogP contribution is -2.38. The zero-order chi connectivity index (χ0) is 16.2. The predicted molar refractivity (Wildman–Crippen MR) is 84.3 cm³/mol. The second kappa shape index (κ2) is 6.76. The molecule has 7 heteroatoms. The van der Waals surface area contributed by atoms with Gasteiger partial charge in [0.05, 0.1) is 24.9 Å². The molecule has 23 heavy (non-hydrogen) atoms. The molecule has 0 atom stereocenters. The number of hydrogen-bond acceptors (Lipinski definition) is 5. The van der Waals surface area contributed by atoms with Crippen molar-refractivity contribution in [1.82, 2.24) is 25.1 Å². The second-order valence-electron chi connectivity index (χ2n) is 5.88. The third-order valence-corrected chi connectivity index (χ3v) is 4.31. The fourth-order valence-electron chi connectivity index (χ4n) is 3.04. The molecular formula is C16H21N5O2. The van der Waals surface area contributed by atoms with Crippen LogP contribution in [0.15, 0.2) is 24.9 Å². The van der Waals surface area contributed by atoms with Gasteiger partial charge in [0.15, 0.2) is 0 Å². The lowest BCUT2D eigenvalue weighted by molar-refractivity contribution is 0.0918. The summed E-state index contributed by atoms with van der Waals surface area (Å²) in [6.07, 6.45) is 8.75. The van der Waals surface area contributed by atoms with Crippen LogP contribution in [0.1, 0.15) is 47.8 Å². The van der Waals surface area contributed by atoms with Crippen molar-refractivity contribution in [1.29, 1.82) is 0 Å². The van der Waals surface area contributed by atoms with Crippen LogP contribution in [-0.2, 0) is 0 Å². The first-order valence-electron chi connectivity index (χ1n) is 7.83. The molecule has 1 saturated carbocycles. The van der Waals surface area contributed by atoms with Crippen LogP contribution in [0.3, 0.4) is 0 Å². The number of amides is 1. The maximum absolute atomic E-state index is 12.5. The van der Waals surface area contributed by atoms with Crippen molar-refractivity contribution >= 4 is 5.91 Å². The van der Waals surface area contributed by atoms with Crippen molar-refractivity contribution in [2.24, 2.45) is 0 Å². The van der Waals surface area contributed by atoms with Gasteiger partial charge in [-0.3, -0.25) is 9.78 Å². The van der Waals surface area contributed by atoms with Gasteiger partial charge in [-0.15, -0.1) is 0 Å². The maximum atomic E-state index is 12.5. The van der Waals surface area contributed by atoms with Gasteiger partial charge in [0.2, 0.25) is 0 Å². The van der Waals surface area contributed by atoms with Gasteiger partial charge in [0.25, 0.3) is 5.91 Å². The predicted octanol–water partition coefficient (Wildman–Crippen LogP) is 1.90. The molecule has 0 bridgehead atoms. The molecule has 2 aromatic rings. The summed E-state index contributed by atoms with van der Waals surface area (Å²) in [6.45, 7) is 1.86. The van der Waals surface area contributed by atoms with E-state index in [9.17, 15) is 4.79 Å². The van der Waals surface area contributed by atoms with Crippen LogP contribution in [0.5, 0.6) is 5.75 Å². The van der Waals surface area contributed by atoms with E-state index in [2.05, 4.69) is 20.4 Å². The number of pyridine rings is 1. The summed E-state index contributed by atoms with van der Waals surface area (Å²) in [7, 11) is 1.55. The Kier molecular flexibility index (Phi) is 4.55. The Hall–Kier alpha value is -2.44. The molecular weight excluding hydrogens is 294 g/mol. The summed E-state index contributed by atoms with van der Waals surface area (Å²) in [5.74, 6) is 0.404. The quantitative estimate of drug-likeness (QED) is 0.932. The minimum absolute atomic E-state index is 0.100. The third-order valence-electron chi connectivity index (χ3n) is 4.31. The normalized spacial score (nSPS) is 21.0. The Morgan fingerprint density at radius 2 is 2.13 bits per heavy atom. The molecule has 0 unspecified atom stereocenters. The Labute approximate surface area is 135 Å². The van der Waals surface area contributed by atoms with Gasteiger partial charge < -0.3 is 10.1 Å². The molecule has 1 fully saturated rings. The van der Waals surface area contributed by atoms with Crippen LogP contribution in [0.25, 0.3) is 0 Å². The molecule has 2 aromatic heterocycles. The van der Waals surface area contributed by atoms with E-state index >= 15 is 0 Å². The summed E-state index contributed by atoms with van der Waals surface area (Å²) in [5, 5.41) is 7.31. The van der Waals surface area contributed by atoms with E-state index in [1.54, 1.807) is 32.0 Å². The van der Waals surface area contributed by atoms with Gasteiger partial charge in [-0.25, -0.2) is 9.67 Å². The Morgan fingerprint density at radius 1 is 1.35 bits per heavy atom. The maximum Gasteiger partial charge on any atom is 0.255 e. The van der Waals surface area contributed by atoms with Crippen molar-refractivity contribution in [2.45, 2.75) is 44.7 Å². The molecule has 0 aliphatic heterocycles. The molecule has 122 valence electrons. The first-order valence-corrected chi connectivity index (χ1v) is 7.83. The van der Waals surface area contributed by atoms with Crippen LogP contribution in [0.4, 0.5) is 0 Å². The lowest BCUT2D eigenvalue weighted by Gasteiger charge is -2.29. The smallest absolute Gasteiger partial charge is 0.255 e. The number of aromatic nitrogens is 4. The van der Waals surface area contributed by atoms with Gasteiger partial charge in [-0.2, -0.15) is 5.10 Å². The van der Waals surface area contributed by atoms with E-state index in [1.165, 1.54) is 0 Å². The molecule has 2 heterocycles. The molecule has 1 aliphatic rings. The summed E-state index contributed by atoms with van der Waals surface area (Å²) in [6, 6.07) is 2.32. The Balaban J connectivity index is 1.60. The van der Waals surface area contributed by atoms with Gasteiger partial charge in [0, 0.05) is 11.7 Å². The highest BCUT2D eigenvalue weighted by Gasteiger charge is 2.25. The summed E-state index contributed by atoms with van der Waals surface area (Å²) in [4.78, 5) is 20.7. The molecule has 1 aliphatic carbocycles. The first-order chi connectivity index (χ1) is 11.2. The second-order valence-corrected chi connectivity index (χ2v) is 5.88. The van der Waals surface area contributed by atoms with Gasteiger partial charge >= 0.3 is 0 Å². The fourth-order valence-corrected chi connectivity index (χ4v) is 3.04. The van der Waals surface area contributed by atoms with E-state index < -0.39 is 0 Å². The third kappa shape index (κ3) is 3.49. The van der Waals surface area contributed by atoms with Crippen molar-refractivity contribution in [3.05, 3.63) is 36.2 Å². The zero-order valence-corrected chi connectivity index (χ0v) is 13.4. The fraction of sp³-hybridized carbons (Fsp3) is 0.500. The number of carbonyl (C=O) groups is 1. The number of aryl methyl sites for hydroxylation is 1. The number of methoxy groups -OCH3 is 1. The van der Waals surface area contributed by atoms with Gasteiger partial charge in [0.1, 0.15) is 18.4 Å². The number of carbonyl (C=O) groups excluding carboxylic acids is 1. The Bertz CT molecular complexity index is 663. The van der Waals surface area contributed by atoms with Crippen LogP contribution in [0, 0.1) is 6.92 Å². The van der Waals surface area contributed by atoms with Crippen molar-refractivity contribution in [2.75, 3.05) is 7.11 Å². The van der Waals surface area contributed by atoms with Gasteiger partial charge in [-0.1, -0.05) is 0 Å². The highest BCUT2D eigenvalue weighted by atomic mass is 16.5. The van der Waals surface area contributed by atoms with E-state index in [4.69, 9.17) is 4.74 Å². The lowest BCUT2D eigenvalue weighted by atomic mass is 9.91. The van der Waals surface area contributed by atoms with E-state index in [-0.39, 0.29) is 11.9 Å². The van der Waals surface area contributed by atoms with E-state index in [0.717, 1.165) is 31.4 Å². The molecule has 0 saturated heterocycles. The van der Waals surface area contributed by atoms with Crippen molar-refractivity contribution in [3.8, 4) is 5.75 Å². The average Bonchev–Trinajstić information content (AvgIpc) is 3.10. The number of ether oxygens (including phenoxy) is 1. The topological polar surface area (TPSA) is 81.9 Å². The summed E-state index contributed by atoms with van der Waals surface area (Å²) in [5.41, 5.74) is 1.34. The molecule has 0 spiro atoms. The van der Waals surface area contributed by atoms with Crippen LogP contribution in [0.2, 0.25) is 0 Å². The van der Waals surface area contributed by atoms with Crippen LogP contribution >= 0.6 is 0 Å². The number of rotatable bonds is 4. The minimum atomic E-state index is -0.100. The molecule has 7 nitrogen and oxygen atoms in total. The number of hydrogen-bond donors (Lipinski definition) is 1. The van der Waals surface area contributed by atoms with Gasteiger partial charge in [-0.05, 0) is 38.7 Å². The highest BCUT2D eigenvalue weighted by Crippen LogP contribution is 2.28. The first kappa shape index (κ1) is 15.5. The van der Waals surface area contributed by atoms with Crippen molar-refractivity contribution < 1.29 is 9.53 Å². The van der Waals surface area contributed by atoms with Crippen molar-refractivity contribution in [3.63, 3.8) is 0 Å². The highest BCUT2D eigenvalue weighted by molar-refractivity contribution is 5.97. The Morgan fingerprint density at radius 3 is 2.78 bits per heavy atom. The number of nitrogens with zero attached hydrogens (tertiary/aromatic N) is 4. The minimum Gasteiger partial charge on any atom is -0.494 e. The molecule has 0 radical (unpaired) electrons. The monoisotopic (exact) mass is 315 g/mol. The van der Waals surface area contributed by atoms with Crippen LogP contribution in [-0.4, -0.2) is 38.8 Å². The SMILES string of the molecule is COc1cnc(C)cc1C(=O)NC1CCC(n2cncn2)CC1. The molecule has 0 aromatic carbocycles. The molecule has 1 amide bonds. The van der Waals surface area contributed by atoms with E-state index in [0.29, 0.717) is 17.4 Å². The average molecular weight is 315 g/mol. The molecule has 3 rings (SSSR count).